The maximum absolute atomic E-state index is 12.0. The van der Waals surface area contributed by atoms with Crippen molar-refractivity contribution in [3.8, 4) is 0 Å². The number of carbonyl (C=O) groups is 2. The molecule has 5 nitrogen and oxygen atoms in total. The molecule has 0 saturated carbocycles. The molecule has 6 heteroatoms. The Morgan fingerprint density at radius 2 is 1.94 bits per heavy atom. The quantitative estimate of drug-likeness (QED) is 0.716. The van der Waals surface area contributed by atoms with Gasteiger partial charge < -0.3 is 16.8 Å². The Kier molecular flexibility index (Phi) is 4.55. The molecule has 0 aliphatic carbocycles. The number of hydrogen-bond acceptors (Lipinski definition) is 3. The van der Waals surface area contributed by atoms with Crippen LogP contribution in [-0.4, -0.2) is 17.9 Å². The van der Waals surface area contributed by atoms with E-state index in [4.69, 9.17) is 23.1 Å². The third-order valence-corrected chi connectivity index (χ3v) is 2.82. The molecule has 0 aromatic heterocycles. The SMILES string of the molecule is CC(C)C(NC(=O)c1cc(N)ccc1Cl)C(N)=O. The Morgan fingerprint density at radius 3 is 2.44 bits per heavy atom. The molecule has 0 fully saturated rings. The molecule has 0 spiro atoms. The lowest BCUT2D eigenvalue weighted by Crippen LogP contribution is -2.47. The van der Waals surface area contributed by atoms with Crippen LogP contribution in [0, 0.1) is 5.92 Å². The van der Waals surface area contributed by atoms with E-state index in [1.54, 1.807) is 19.9 Å². The molecular weight excluding hydrogens is 254 g/mol. The number of nitrogens with one attached hydrogen (secondary N) is 1. The van der Waals surface area contributed by atoms with Crippen LogP contribution in [0.2, 0.25) is 5.02 Å². The predicted molar refractivity (Wildman–Crippen MR) is 71.2 cm³/mol. The van der Waals surface area contributed by atoms with Crippen LogP contribution >= 0.6 is 11.6 Å². The first-order valence-electron chi connectivity index (χ1n) is 5.48. The third kappa shape index (κ3) is 3.37. The van der Waals surface area contributed by atoms with Gasteiger partial charge in [0.25, 0.3) is 5.91 Å². The zero-order valence-corrected chi connectivity index (χ0v) is 11.0. The van der Waals surface area contributed by atoms with Crippen LogP contribution in [0.1, 0.15) is 24.2 Å². The number of primary amides is 1. The van der Waals surface area contributed by atoms with Crippen LogP contribution in [0.5, 0.6) is 0 Å². The van der Waals surface area contributed by atoms with Crippen LogP contribution in [0.15, 0.2) is 18.2 Å². The second-order valence-electron chi connectivity index (χ2n) is 4.34. The Labute approximate surface area is 110 Å². The summed E-state index contributed by atoms with van der Waals surface area (Å²) in [6, 6.07) is 3.83. The number of benzene rings is 1. The van der Waals surface area contributed by atoms with E-state index in [0.29, 0.717) is 5.69 Å². The number of anilines is 1. The van der Waals surface area contributed by atoms with Crippen molar-refractivity contribution in [2.24, 2.45) is 11.7 Å². The predicted octanol–water partition coefficient (Wildman–Crippen LogP) is 1.16. The van der Waals surface area contributed by atoms with Gasteiger partial charge in [-0.15, -0.1) is 0 Å². The molecular formula is C12H16ClN3O2. The molecule has 1 aromatic carbocycles. The van der Waals surface area contributed by atoms with Gasteiger partial charge in [0.2, 0.25) is 5.91 Å². The fourth-order valence-corrected chi connectivity index (χ4v) is 1.71. The van der Waals surface area contributed by atoms with Gasteiger partial charge in [0.15, 0.2) is 0 Å². The second kappa shape index (κ2) is 5.73. The highest BCUT2D eigenvalue weighted by molar-refractivity contribution is 6.34. The Morgan fingerprint density at radius 1 is 1.33 bits per heavy atom. The van der Waals surface area contributed by atoms with E-state index >= 15 is 0 Å². The maximum atomic E-state index is 12.0. The lowest BCUT2D eigenvalue weighted by molar-refractivity contribution is -0.120. The number of halogens is 1. The van der Waals surface area contributed by atoms with Crippen molar-refractivity contribution < 1.29 is 9.59 Å². The van der Waals surface area contributed by atoms with Crippen molar-refractivity contribution in [2.75, 3.05) is 5.73 Å². The minimum atomic E-state index is -0.741. The Hall–Kier alpha value is -1.75. The van der Waals surface area contributed by atoms with Gasteiger partial charge in [0.05, 0.1) is 10.6 Å². The van der Waals surface area contributed by atoms with Gasteiger partial charge in [-0.2, -0.15) is 0 Å². The Bertz CT molecular complexity index is 474. The van der Waals surface area contributed by atoms with E-state index in [1.807, 2.05) is 0 Å². The molecule has 1 aromatic rings. The molecule has 5 N–H and O–H groups in total. The average molecular weight is 270 g/mol. The minimum Gasteiger partial charge on any atom is -0.399 e. The van der Waals surface area contributed by atoms with Gasteiger partial charge in [-0.05, 0) is 24.1 Å². The highest BCUT2D eigenvalue weighted by atomic mass is 35.5. The lowest BCUT2D eigenvalue weighted by atomic mass is 10.0. The van der Waals surface area contributed by atoms with Crippen molar-refractivity contribution in [1.82, 2.24) is 5.32 Å². The molecule has 18 heavy (non-hydrogen) atoms. The molecule has 1 rings (SSSR count). The van der Waals surface area contributed by atoms with E-state index in [0.717, 1.165) is 0 Å². The fourth-order valence-electron chi connectivity index (χ4n) is 1.50. The third-order valence-electron chi connectivity index (χ3n) is 2.49. The van der Waals surface area contributed by atoms with Crippen LogP contribution < -0.4 is 16.8 Å². The molecule has 98 valence electrons. The van der Waals surface area contributed by atoms with Crippen molar-refractivity contribution >= 4 is 29.1 Å². The number of nitrogen functional groups attached to an aromatic ring is 1. The summed E-state index contributed by atoms with van der Waals surface area (Å²) in [5.41, 5.74) is 11.5. The van der Waals surface area contributed by atoms with E-state index in [2.05, 4.69) is 5.32 Å². The molecule has 0 aliphatic heterocycles. The van der Waals surface area contributed by atoms with Gasteiger partial charge in [-0.1, -0.05) is 25.4 Å². The number of amides is 2. The topological polar surface area (TPSA) is 98.2 Å². The van der Waals surface area contributed by atoms with E-state index in [1.165, 1.54) is 12.1 Å². The smallest absolute Gasteiger partial charge is 0.253 e. The normalized spacial score (nSPS) is 12.2. The summed E-state index contributed by atoms with van der Waals surface area (Å²) < 4.78 is 0. The molecule has 0 aliphatic rings. The fraction of sp³-hybridized carbons (Fsp3) is 0.333. The van der Waals surface area contributed by atoms with Crippen molar-refractivity contribution in [1.29, 1.82) is 0 Å². The summed E-state index contributed by atoms with van der Waals surface area (Å²) in [4.78, 5) is 23.2. The second-order valence-corrected chi connectivity index (χ2v) is 4.74. The van der Waals surface area contributed by atoms with Crippen LogP contribution in [0.4, 0.5) is 5.69 Å². The molecule has 2 amide bonds. The average Bonchev–Trinajstić information content (AvgIpc) is 2.28. The summed E-state index contributed by atoms with van der Waals surface area (Å²) in [6.45, 7) is 3.58. The Balaban J connectivity index is 2.94. The van der Waals surface area contributed by atoms with Crippen molar-refractivity contribution in [2.45, 2.75) is 19.9 Å². The minimum absolute atomic E-state index is 0.105. The number of rotatable bonds is 4. The first-order valence-corrected chi connectivity index (χ1v) is 5.86. The van der Waals surface area contributed by atoms with Gasteiger partial charge in [0, 0.05) is 5.69 Å². The zero-order chi connectivity index (χ0) is 13.9. The standard InChI is InChI=1S/C12H16ClN3O2/c1-6(2)10(11(15)17)16-12(18)8-5-7(14)3-4-9(8)13/h3-6,10H,14H2,1-2H3,(H2,15,17)(H,16,18). The number of nitrogens with two attached hydrogens (primary N) is 2. The van der Waals surface area contributed by atoms with Gasteiger partial charge in [-0.3, -0.25) is 9.59 Å². The summed E-state index contributed by atoms with van der Waals surface area (Å²) in [7, 11) is 0. The first-order chi connectivity index (χ1) is 8.32. The highest BCUT2D eigenvalue weighted by Gasteiger charge is 2.23. The molecule has 0 bridgehead atoms. The number of carbonyl (C=O) groups excluding carboxylic acids is 2. The van der Waals surface area contributed by atoms with Crippen LogP contribution in [0.25, 0.3) is 0 Å². The summed E-state index contributed by atoms with van der Waals surface area (Å²) in [5, 5.41) is 2.82. The molecule has 1 unspecified atom stereocenters. The summed E-state index contributed by atoms with van der Waals surface area (Å²) >= 11 is 5.90. The molecule has 0 heterocycles. The first kappa shape index (κ1) is 14.3. The van der Waals surface area contributed by atoms with E-state index in [-0.39, 0.29) is 16.5 Å². The molecule has 0 radical (unpaired) electrons. The van der Waals surface area contributed by atoms with Gasteiger partial charge >= 0.3 is 0 Å². The van der Waals surface area contributed by atoms with E-state index < -0.39 is 17.9 Å². The largest absolute Gasteiger partial charge is 0.399 e. The zero-order valence-electron chi connectivity index (χ0n) is 10.2. The van der Waals surface area contributed by atoms with Crippen LogP contribution in [-0.2, 0) is 4.79 Å². The number of hydrogen-bond donors (Lipinski definition) is 3. The van der Waals surface area contributed by atoms with Crippen molar-refractivity contribution in [3.63, 3.8) is 0 Å². The monoisotopic (exact) mass is 269 g/mol. The highest BCUT2D eigenvalue weighted by Crippen LogP contribution is 2.19. The van der Waals surface area contributed by atoms with Gasteiger partial charge in [-0.25, -0.2) is 0 Å². The van der Waals surface area contributed by atoms with E-state index in [9.17, 15) is 9.59 Å². The summed E-state index contributed by atoms with van der Waals surface area (Å²) in [5.74, 6) is -1.16. The van der Waals surface area contributed by atoms with Gasteiger partial charge in [0.1, 0.15) is 6.04 Å². The van der Waals surface area contributed by atoms with Crippen LogP contribution in [0.3, 0.4) is 0 Å². The maximum Gasteiger partial charge on any atom is 0.253 e. The van der Waals surface area contributed by atoms with Crippen molar-refractivity contribution in [3.05, 3.63) is 28.8 Å². The molecule has 1 atom stereocenters. The lowest BCUT2D eigenvalue weighted by Gasteiger charge is -2.19. The summed E-state index contributed by atoms with van der Waals surface area (Å²) in [6.07, 6.45) is 0. The molecule has 0 saturated heterocycles.